The molecule has 0 fully saturated rings. The SMILES string of the molecule is COc1ccc(Cl)c2sc(N(Cc3cccnc3)C(=O)Cc3ccc(-c4ccccc4)cc3)nc12. The molecule has 7 heteroatoms. The summed E-state index contributed by atoms with van der Waals surface area (Å²) in [5.41, 5.74) is 4.75. The van der Waals surface area contributed by atoms with Crippen molar-refractivity contribution >= 4 is 44.2 Å². The summed E-state index contributed by atoms with van der Waals surface area (Å²) in [6.45, 7) is 0.356. The van der Waals surface area contributed by atoms with E-state index in [4.69, 9.17) is 21.3 Å². The molecule has 0 bridgehead atoms. The van der Waals surface area contributed by atoms with Crippen molar-refractivity contribution in [1.29, 1.82) is 0 Å². The molecule has 0 aliphatic carbocycles. The van der Waals surface area contributed by atoms with Crippen molar-refractivity contribution in [3.63, 3.8) is 0 Å². The third-order valence-corrected chi connectivity index (χ3v) is 7.22. The number of carbonyl (C=O) groups is 1. The number of carbonyl (C=O) groups excluding carboxylic acids is 1. The molecule has 2 heterocycles. The van der Waals surface area contributed by atoms with E-state index in [1.165, 1.54) is 11.3 Å². The molecule has 0 atom stereocenters. The van der Waals surface area contributed by atoms with E-state index >= 15 is 0 Å². The number of methoxy groups -OCH3 is 1. The molecule has 5 aromatic rings. The minimum atomic E-state index is -0.0598. The van der Waals surface area contributed by atoms with Crippen LogP contribution in [0.15, 0.2) is 91.3 Å². The summed E-state index contributed by atoms with van der Waals surface area (Å²) in [6, 6.07) is 25.6. The minimum Gasteiger partial charge on any atom is -0.494 e. The maximum Gasteiger partial charge on any atom is 0.233 e. The molecule has 1 amide bonds. The predicted octanol–water partition coefficient (Wildman–Crippen LogP) is 6.80. The maximum atomic E-state index is 13.6. The van der Waals surface area contributed by atoms with Crippen LogP contribution in [0.3, 0.4) is 0 Å². The first-order chi connectivity index (χ1) is 17.1. The Morgan fingerprint density at radius 1 is 0.943 bits per heavy atom. The van der Waals surface area contributed by atoms with Crippen molar-refractivity contribution in [2.24, 2.45) is 0 Å². The van der Waals surface area contributed by atoms with E-state index in [1.54, 1.807) is 36.5 Å². The highest BCUT2D eigenvalue weighted by atomic mass is 35.5. The highest BCUT2D eigenvalue weighted by molar-refractivity contribution is 7.23. The molecule has 0 unspecified atom stereocenters. The van der Waals surface area contributed by atoms with E-state index in [2.05, 4.69) is 17.1 Å². The standard InChI is InChI=1S/C28H22ClN3O2S/c1-34-24-14-13-23(29)27-26(24)31-28(35-27)32(18-20-6-5-15-30-17-20)25(33)16-19-9-11-22(12-10-19)21-7-3-2-4-8-21/h2-15,17H,16,18H2,1H3. The second-order valence-electron chi connectivity index (χ2n) is 8.00. The Hall–Kier alpha value is -3.74. The lowest BCUT2D eigenvalue weighted by atomic mass is 10.0. The van der Waals surface area contributed by atoms with Crippen LogP contribution in [-0.2, 0) is 17.8 Å². The van der Waals surface area contributed by atoms with E-state index in [9.17, 15) is 4.79 Å². The zero-order valence-electron chi connectivity index (χ0n) is 19.0. The molecule has 0 spiro atoms. The van der Waals surface area contributed by atoms with Gasteiger partial charge in [0.25, 0.3) is 0 Å². The van der Waals surface area contributed by atoms with Gasteiger partial charge in [-0.1, -0.05) is 83.6 Å². The Morgan fingerprint density at radius 2 is 1.71 bits per heavy atom. The van der Waals surface area contributed by atoms with Crippen molar-refractivity contribution in [2.45, 2.75) is 13.0 Å². The van der Waals surface area contributed by atoms with Crippen LogP contribution in [0.1, 0.15) is 11.1 Å². The van der Waals surface area contributed by atoms with Crippen LogP contribution in [0.4, 0.5) is 5.13 Å². The fraction of sp³-hybridized carbons (Fsp3) is 0.107. The Morgan fingerprint density at radius 3 is 2.43 bits per heavy atom. The van der Waals surface area contributed by atoms with Gasteiger partial charge in [-0.05, 0) is 40.5 Å². The third kappa shape index (κ3) is 5.04. The Balaban J connectivity index is 1.46. The summed E-state index contributed by atoms with van der Waals surface area (Å²) in [7, 11) is 1.60. The molecule has 0 saturated carbocycles. The Kier molecular flexibility index (Phi) is 6.75. The van der Waals surface area contributed by atoms with Gasteiger partial charge in [0.2, 0.25) is 5.91 Å². The van der Waals surface area contributed by atoms with Crippen LogP contribution in [0.25, 0.3) is 21.3 Å². The second-order valence-corrected chi connectivity index (χ2v) is 9.39. The molecule has 35 heavy (non-hydrogen) atoms. The first kappa shape index (κ1) is 23.0. The monoisotopic (exact) mass is 499 g/mol. The Labute approximate surface area is 212 Å². The van der Waals surface area contributed by atoms with Crippen molar-refractivity contribution in [1.82, 2.24) is 9.97 Å². The molecular formula is C28H22ClN3O2S. The number of pyridine rings is 1. The van der Waals surface area contributed by atoms with E-state index in [0.717, 1.165) is 27.0 Å². The molecule has 0 aliphatic rings. The first-order valence-corrected chi connectivity index (χ1v) is 12.3. The summed E-state index contributed by atoms with van der Waals surface area (Å²) in [5, 5.41) is 1.15. The molecule has 0 aliphatic heterocycles. The highest BCUT2D eigenvalue weighted by Crippen LogP contribution is 2.39. The summed E-state index contributed by atoms with van der Waals surface area (Å²) < 4.78 is 6.26. The number of hydrogen-bond donors (Lipinski definition) is 0. The number of nitrogens with zero attached hydrogens (tertiary/aromatic N) is 3. The minimum absolute atomic E-state index is 0.0598. The van der Waals surface area contributed by atoms with Gasteiger partial charge in [0.05, 0.1) is 29.8 Å². The fourth-order valence-corrected chi connectivity index (χ4v) is 5.15. The van der Waals surface area contributed by atoms with Crippen LogP contribution in [-0.4, -0.2) is 23.0 Å². The van der Waals surface area contributed by atoms with Gasteiger partial charge in [-0.3, -0.25) is 14.7 Å². The largest absolute Gasteiger partial charge is 0.494 e. The number of hydrogen-bond acceptors (Lipinski definition) is 5. The van der Waals surface area contributed by atoms with Crippen molar-refractivity contribution in [3.05, 3.63) is 107 Å². The zero-order valence-corrected chi connectivity index (χ0v) is 20.6. The Bertz CT molecular complexity index is 1450. The quantitative estimate of drug-likeness (QED) is 0.247. The van der Waals surface area contributed by atoms with Crippen LogP contribution in [0.5, 0.6) is 5.75 Å². The summed E-state index contributed by atoms with van der Waals surface area (Å²) in [4.78, 5) is 24.2. The predicted molar refractivity (Wildman–Crippen MR) is 142 cm³/mol. The third-order valence-electron chi connectivity index (χ3n) is 5.68. The average molecular weight is 500 g/mol. The van der Waals surface area contributed by atoms with Crippen molar-refractivity contribution in [3.8, 4) is 16.9 Å². The number of fused-ring (bicyclic) bond motifs is 1. The van der Waals surface area contributed by atoms with Gasteiger partial charge >= 0.3 is 0 Å². The van der Waals surface area contributed by atoms with Gasteiger partial charge in [0, 0.05) is 12.4 Å². The van der Waals surface area contributed by atoms with Crippen molar-refractivity contribution in [2.75, 3.05) is 12.0 Å². The number of thiazole rings is 1. The van der Waals surface area contributed by atoms with E-state index in [0.29, 0.717) is 28.0 Å². The number of halogens is 1. The number of aromatic nitrogens is 2. The molecule has 0 radical (unpaired) electrons. The smallest absolute Gasteiger partial charge is 0.233 e. The van der Waals surface area contributed by atoms with Gasteiger partial charge in [0.1, 0.15) is 11.3 Å². The van der Waals surface area contributed by atoms with Gasteiger partial charge in [0.15, 0.2) is 5.13 Å². The molecule has 0 N–H and O–H groups in total. The molecule has 2 aromatic heterocycles. The average Bonchev–Trinajstić information content (AvgIpc) is 3.35. The lowest BCUT2D eigenvalue weighted by molar-refractivity contribution is -0.118. The van der Waals surface area contributed by atoms with Crippen LogP contribution < -0.4 is 9.64 Å². The van der Waals surface area contributed by atoms with E-state index in [1.807, 2.05) is 54.6 Å². The number of anilines is 1. The van der Waals surface area contributed by atoms with Crippen molar-refractivity contribution < 1.29 is 9.53 Å². The second kappa shape index (κ2) is 10.3. The lowest BCUT2D eigenvalue weighted by Crippen LogP contribution is -2.31. The van der Waals surface area contributed by atoms with E-state index in [-0.39, 0.29) is 12.3 Å². The van der Waals surface area contributed by atoms with Gasteiger partial charge in [-0.25, -0.2) is 4.98 Å². The van der Waals surface area contributed by atoms with Crippen LogP contribution in [0.2, 0.25) is 5.02 Å². The summed E-state index contributed by atoms with van der Waals surface area (Å²) in [6.07, 6.45) is 3.72. The molecule has 174 valence electrons. The zero-order chi connectivity index (χ0) is 24.2. The summed E-state index contributed by atoms with van der Waals surface area (Å²) in [5.74, 6) is 0.563. The number of benzene rings is 3. The van der Waals surface area contributed by atoms with Gasteiger partial charge < -0.3 is 4.74 Å². The van der Waals surface area contributed by atoms with Gasteiger partial charge in [-0.2, -0.15) is 0 Å². The van der Waals surface area contributed by atoms with Gasteiger partial charge in [-0.15, -0.1) is 0 Å². The number of ether oxygens (including phenoxy) is 1. The fourth-order valence-electron chi connectivity index (χ4n) is 3.87. The lowest BCUT2D eigenvalue weighted by Gasteiger charge is -2.20. The van der Waals surface area contributed by atoms with Crippen LogP contribution >= 0.6 is 22.9 Å². The molecule has 5 rings (SSSR count). The first-order valence-electron chi connectivity index (χ1n) is 11.1. The molecular weight excluding hydrogens is 478 g/mol. The number of rotatable bonds is 7. The van der Waals surface area contributed by atoms with Crippen LogP contribution in [0, 0.1) is 0 Å². The highest BCUT2D eigenvalue weighted by Gasteiger charge is 2.23. The molecule has 5 nitrogen and oxygen atoms in total. The molecule has 3 aromatic carbocycles. The maximum absolute atomic E-state index is 13.6. The summed E-state index contributed by atoms with van der Waals surface area (Å²) >= 11 is 7.82. The number of amides is 1. The normalized spacial score (nSPS) is 10.9. The van der Waals surface area contributed by atoms with E-state index < -0.39 is 0 Å². The molecule has 0 saturated heterocycles. The topological polar surface area (TPSA) is 55.3 Å².